The van der Waals surface area contributed by atoms with Crippen LogP contribution in [0.4, 0.5) is 0 Å². The Morgan fingerprint density at radius 2 is 0.447 bits per heavy atom. The number of phosphoric acid groups is 2. The van der Waals surface area contributed by atoms with Crippen LogP contribution in [0.1, 0.15) is 446 Å². The Labute approximate surface area is 632 Å². The van der Waals surface area contributed by atoms with Gasteiger partial charge in [0.25, 0.3) is 0 Å². The predicted molar refractivity (Wildman–Crippen MR) is 423 cm³/mol. The van der Waals surface area contributed by atoms with Gasteiger partial charge in [-0.25, -0.2) is 9.13 Å². The van der Waals surface area contributed by atoms with Gasteiger partial charge in [0.05, 0.1) is 26.4 Å². The average Bonchev–Trinajstić information content (AvgIpc) is 0.997. The van der Waals surface area contributed by atoms with Crippen LogP contribution < -0.4 is 0 Å². The summed E-state index contributed by atoms with van der Waals surface area (Å²) in [4.78, 5) is 73.1. The number of carbonyl (C=O) groups excluding carboxylic acids is 4. The van der Waals surface area contributed by atoms with Gasteiger partial charge >= 0.3 is 39.5 Å². The third kappa shape index (κ3) is 78.0. The molecular weight excluding hydrogens is 1340 g/mol. The molecule has 103 heavy (non-hydrogen) atoms. The van der Waals surface area contributed by atoms with Crippen molar-refractivity contribution in [3.05, 3.63) is 0 Å². The second-order valence-corrected chi connectivity index (χ2v) is 34.1. The van der Waals surface area contributed by atoms with Crippen molar-refractivity contribution in [2.45, 2.75) is 464 Å². The zero-order chi connectivity index (χ0) is 75.6. The number of carbonyl (C=O) groups is 4. The molecule has 0 saturated carbocycles. The Hall–Kier alpha value is -1.94. The lowest BCUT2D eigenvalue weighted by Gasteiger charge is -2.21. The van der Waals surface area contributed by atoms with Gasteiger partial charge in [-0.15, -0.1) is 0 Å². The number of ether oxygens (including phenoxy) is 4. The Morgan fingerprint density at radius 1 is 0.262 bits per heavy atom. The standard InChI is InChI=1S/C84H164O17P2/c1-7-9-11-13-15-17-18-19-20-21-25-28-31-37-43-49-55-61-67-82(87)95-73-80(101-83(88)68-62-56-50-44-38-32-29-26-23-22-24-27-30-35-41-46-52-58-64-76(3)4)75-99-103(92,93)97-71-78(85)70-96-102(90,91)98-74-79(72-94-81(86)66-60-54-48-40-16-14-12-10-8-2)100-84(89)69-63-57-51-45-39-34-33-36-42-47-53-59-65-77(5)6/h76-80,85H,7-75H2,1-6H3,(H,90,91)(H,92,93)/t78-,79+,80+/m0/s1. The van der Waals surface area contributed by atoms with Gasteiger partial charge in [-0.2, -0.15) is 0 Å². The molecule has 0 fully saturated rings. The van der Waals surface area contributed by atoms with Crippen LogP contribution in [0.2, 0.25) is 0 Å². The highest BCUT2D eigenvalue weighted by Crippen LogP contribution is 2.45. The topological polar surface area (TPSA) is 237 Å². The molecule has 0 aliphatic rings. The largest absolute Gasteiger partial charge is 0.472 e. The second-order valence-electron chi connectivity index (χ2n) is 31.2. The summed E-state index contributed by atoms with van der Waals surface area (Å²) < 4.78 is 68.8. The van der Waals surface area contributed by atoms with E-state index in [2.05, 4.69) is 41.5 Å². The molecule has 0 aromatic rings. The summed E-state index contributed by atoms with van der Waals surface area (Å²) in [5, 5.41) is 10.7. The summed E-state index contributed by atoms with van der Waals surface area (Å²) in [7, 11) is -9.92. The van der Waals surface area contributed by atoms with Crippen LogP contribution in [0.15, 0.2) is 0 Å². The molecule has 3 N–H and O–H groups in total. The molecule has 2 unspecified atom stereocenters. The van der Waals surface area contributed by atoms with Gasteiger partial charge in [0.2, 0.25) is 0 Å². The molecular formula is C84H164O17P2. The van der Waals surface area contributed by atoms with Crippen molar-refractivity contribution < 1.29 is 80.2 Å². The molecule has 19 heteroatoms. The Morgan fingerprint density at radius 3 is 0.660 bits per heavy atom. The van der Waals surface area contributed by atoms with E-state index >= 15 is 0 Å². The maximum absolute atomic E-state index is 13.1. The quantitative estimate of drug-likeness (QED) is 0.0222. The molecule has 17 nitrogen and oxygen atoms in total. The van der Waals surface area contributed by atoms with Gasteiger partial charge in [0, 0.05) is 25.7 Å². The molecule has 5 atom stereocenters. The number of hydrogen-bond donors (Lipinski definition) is 3. The summed E-state index contributed by atoms with van der Waals surface area (Å²) in [6, 6.07) is 0. The predicted octanol–water partition coefficient (Wildman–Crippen LogP) is 25.5. The molecule has 0 heterocycles. The Balaban J connectivity index is 5.21. The fourth-order valence-electron chi connectivity index (χ4n) is 13.1. The summed E-state index contributed by atoms with van der Waals surface area (Å²) in [5.74, 6) is -0.508. The molecule has 0 amide bonds. The van der Waals surface area contributed by atoms with Gasteiger partial charge in [-0.3, -0.25) is 37.3 Å². The van der Waals surface area contributed by atoms with E-state index in [0.717, 1.165) is 102 Å². The van der Waals surface area contributed by atoms with Crippen LogP contribution in [-0.2, 0) is 65.4 Å². The molecule has 0 aromatic heterocycles. The van der Waals surface area contributed by atoms with Crippen molar-refractivity contribution >= 4 is 39.5 Å². The first kappa shape index (κ1) is 101. The molecule has 0 aliphatic heterocycles. The summed E-state index contributed by atoms with van der Waals surface area (Å²) in [6.07, 6.45) is 66.7. The lowest BCUT2D eigenvalue weighted by molar-refractivity contribution is -0.161. The fourth-order valence-corrected chi connectivity index (χ4v) is 14.6. The molecule has 0 bridgehead atoms. The number of phosphoric ester groups is 2. The number of unbranched alkanes of at least 4 members (excludes halogenated alkanes) is 53. The van der Waals surface area contributed by atoms with Crippen LogP contribution >= 0.6 is 15.6 Å². The van der Waals surface area contributed by atoms with E-state index in [1.807, 2.05) is 0 Å². The van der Waals surface area contributed by atoms with E-state index < -0.39 is 97.5 Å². The fraction of sp³-hybridized carbons (Fsp3) is 0.952. The van der Waals surface area contributed by atoms with Crippen LogP contribution in [0.25, 0.3) is 0 Å². The number of rotatable bonds is 83. The molecule has 0 aromatic carbocycles. The summed E-state index contributed by atoms with van der Waals surface area (Å²) >= 11 is 0. The van der Waals surface area contributed by atoms with Crippen LogP contribution in [0.3, 0.4) is 0 Å². The third-order valence-electron chi connectivity index (χ3n) is 19.7. The van der Waals surface area contributed by atoms with Crippen molar-refractivity contribution in [2.24, 2.45) is 11.8 Å². The lowest BCUT2D eigenvalue weighted by Crippen LogP contribution is -2.30. The molecule has 612 valence electrons. The molecule has 0 aliphatic carbocycles. The van der Waals surface area contributed by atoms with E-state index in [4.69, 9.17) is 37.0 Å². The monoisotopic (exact) mass is 1510 g/mol. The van der Waals surface area contributed by atoms with Crippen molar-refractivity contribution in [3.63, 3.8) is 0 Å². The first-order valence-electron chi connectivity index (χ1n) is 43.5. The van der Waals surface area contributed by atoms with Gasteiger partial charge < -0.3 is 33.8 Å². The van der Waals surface area contributed by atoms with E-state index in [9.17, 15) is 43.2 Å². The van der Waals surface area contributed by atoms with Crippen LogP contribution in [0.5, 0.6) is 0 Å². The number of aliphatic hydroxyl groups excluding tert-OH is 1. The minimum absolute atomic E-state index is 0.107. The molecule has 0 radical (unpaired) electrons. The normalized spacial score (nSPS) is 13.9. The SMILES string of the molecule is CCCCCCCCCCCCCCCCCCCCC(=O)OC[C@H](COP(=O)(O)OC[C@@H](O)COP(=O)(O)OC[C@@H](COC(=O)CCCCCCCCCCC)OC(=O)CCCCCCCCCCCCCCC(C)C)OC(=O)CCCCCCCCCCCCCCCCCCCCC(C)C. The second kappa shape index (κ2) is 75.5. The summed E-state index contributed by atoms with van der Waals surface area (Å²) in [5.41, 5.74) is 0. The molecule has 0 spiro atoms. The zero-order valence-electron chi connectivity index (χ0n) is 67.6. The minimum atomic E-state index is -4.96. The van der Waals surface area contributed by atoms with Crippen LogP contribution in [-0.4, -0.2) is 96.7 Å². The van der Waals surface area contributed by atoms with E-state index in [-0.39, 0.29) is 25.7 Å². The Bertz CT molecular complexity index is 1980. The zero-order valence-corrected chi connectivity index (χ0v) is 69.4. The maximum atomic E-state index is 13.1. The van der Waals surface area contributed by atoms with E-state index in [1.165, 1.54) is 263 Å². The first-order valence-corrected chi connectivity index (χ1v) is 46.5. The smallest absolute Gasteiger partial charge is 0.462 e. The summed E-state index contributed by atoms with van der Waals surface area (Å²) in [6.45, 7) is 9.69. The van der Waals surface area contributed by atoms with Gasteiger partial charge in [0.15, 0.2) is 12.2 Å². The highest BCUT2D eigenvalue weighted by atomic mass is 31.2. The van der Waals surface area contributed by atoms with Crippen molar-refractivity contribution in [1.29, 1.82) is 0 Å². The third-order valence-corrected chi connectivity index (χ3v) is 21.6. The lowest BCUT2D eigenvalue weighted by atomic mass is 10.0. The highest BCUT2D eigenvalue weighted by molar-refractivity contribution is 7.47. The van der Waals surface area contributed by atoms with Gasteiger partial charge in [0.1, 0.15) is 19.3 Å². The van der Waals surface area contributed by atoms with Gasteiger partial charge in [-0.05, 0) is 37.5 Å². The molecule has 0 rings (SSSR count). The van der Waals surface area contributed by atoms with E-state index in [1.54, 1.807) is 0 Å². The number of hydrogen-bond acceptors (Lipinski definition) is 15. The van der Waals surface area contributed by atoms with Gasteiger partial charge in [-0.1, -0.05) is 395 Å². The molecule has 0 saturated heterocycles. The van der Waals surface area contributed by atoms with Crippen LogP contribution in [0, 0.1) is 11.8 Å². The highest BCUT2D eigenvalue weighted by Gasteiger charge is 2.30. The van der Waals surface area contributed by atoms with Crippen molar-refractivity contribution in [3.8, 4) is 0 Å². The van der Waals surface area contributed by atoms with E-state index in [0.29, 0.717) is 25.7 Å². The maximum Gasteiger partial charge on any atom is 0.472 e. The number of aliphatic hydroxyl groups is 1. The number of esters is 4. The van der Waals surface area contributed by atoms with Crippen molar-refractivity contribution in [1.82, 2.24) is 0 Å². The first-order chi connectivity index (χ1) is 49.9. The average molecular weight is 1510 g/mol. The minimum Gasteiger partial charge on any atom is -0.462 e. The Kier molecular flexibility index (Phi) is 74.1. The van der Waals surface area contributed by atoms with Crippen molar-refractivity contribution in [2.75, 3.05) is 39.6 Å².